The minimum Gasteiger partial charge on any atom is -0.492 e. The molecule has 4 heterocycles. The zero-order chi connectivity index (χ0) is 25.7. The van der Waals surface area contributed by atoms with Crippen LogP contribution >= 0.6 is 0 Å². The summed E-state index contributed by atoms with van der Waals surface area (Å²) in [6.07, 6.45) is 13.1. The molecule has 3 aromatic heterocycles. The SMILES string of the molecule is N#Cc1ccc(-c2cnn3cc(-c4ccc(OCCN5CCCCC5)cc4)cnc23)cc1-c1cccnc1. The molecule has 1 aliphatic heterocycles. The van der Waals surface area contributed by atoms with Crippen LogP contribution in [0.2, 0.25) is 0 Å². The van der Waals surface area contributed by atoms with Crippen molar-refractivity contribution in [2.45, 2.75) is 19.3 Å². The fourth-order valence-corrected chi connectivity index (χ4v) is 5.02. The Balaban J connectivity index is 1.20. The topological polar surface area (TPSA) is 79.3 Å². The van der Waals surface area contributed by atoms with Gasteiger partial charge in [0.05, 0.1) is 17.8 Å². The molecule has 7 heteroatoms. The third kappa shape index (κ3) is 4.99. The molecule has 0 unspecified atom stereocenters. The maximum Gasteiger partial charge on any atom is 0.162 e. The van der Waals surface area contributed by atoms with Gasteiger partial charge in [0.15, 0.2) is 5.65 Å². The number of hydrogen-bond donors (Lipinski definition) is 0. The van der Waals surface area contributed by atoms with E-state index in [1.165, 1.54) is 32.4 Å². The summed E-state index contributed by atoms with van der Waals surface area (Å²) in [5.41, 5.74) is 6.98. The van der Waals surface area contributed by atoms with E-state index in [0.717, 1.165) is 51.3 Å². The third-order valence-corrected chi connectivity index (χ3v) is 7.09. The highest BCUT2D eigenvalue weighted by Crippen LogP contribution is 2.31. The van der Waals surface area contributed by atoms with Gasteiger partial charge >= 0.3 is 0 Å². The number of nitriles is 1. The van der Waals surface area contributed by atoms with Gasteiger partial charge in [0.25, 0.3) is 0 Å². The number of rotatable bonds is 7. The zero-order valence-corrected chi connectivity index (χ0v) is 21.1. The van der Waals surface area contributed by atoms with E-state index >= 15 is 0 Å². The first kappa shape index (κ1) is 23.8. The van der Waals surface area contributed by atoms with Crippen molar-refractivity contribution in [3.05, 3.63) is 91.1 Å². The Labute approximate surface area is 222 Å². The van der Waals surface area contributed by atoms with Crippen LogP contribution in [-0.2, 0) is 0 Å². The minimum atomic E-state index is 0.604. The number of nitrogens with zero attached hydrogens (tertiary/aromatic N) is 6. The molecule has 5 aromatic rings. The summed E-state index contributed by atoms with van der Waals surface area (Å²) in [5.74, 6) is 0.881. The van der Waals surface area contributed by atoms with Crippen LogP contribution in [0.4, 0.5) is 0 Å². The molecule has 6 rings (SSSR count). The predicted octanol–water partition coefficient (Wildman–Crippen LogP) is 5.86. The smallest absolute Gasteiger partial charge is 0.162 e. The molecule has 7 nitrogen and oxygen atoms in total. The molecule has 38 heavy (non-hydrogen) atoms. The van der Waals surface area contributed by atoms with Gasteiger partial charge in [-0.3, -0.25) is 9.88 Å². The van der Waals surface area contributed by atoms with E-state index in [-0.39, 0.29) is 0 Å². The maximum absolute atomic E-state index is 9.62. The Morgan fingerprint density at radius 1 is 0.842 bits per heavy atom. The number of benzene rings is 2. The second-order valence-corrected chi connectivity index (χ2v) is 9.56. The molecule has 0 spiro atoms. The lowest BCUT2D eigenvalue weighted by Crippen LogP contribution is -2.33. The molecule has 0 atom stereocenters. The molecule has 2 aromatic carbocycles. The number of aromatic nitrogens is 4. The Hall–Kier alpha value is -4.54. The largest absolute Gasteiger partial charge is 0.492 e. The summed E-state index contributed by atoms with van der Waals surface area (Å²) < 4.78 is 7.78. The summed E-state index contributed by atoms with van der Waals surface area (Å²) >= 11 is 0. The Morgan fingerprint density at radius 2 is 1.68 bits per heavy atom. The van der Waals surface area contributed by atoms with Crippen LogP contribution in [0.25, 0.3) is 39.0 Å². The van der Waals surface area contributed by atoms with Crippen molar-refractivity contribution in [3.63, 3.8) is 0 Å². The number of piperidine rings is 1. The molecule has 0 aliphatic carbocycles. The standard InChI is InChI=1S/C31H28N6O/c32-18-25-7-6-24(17-29(25)26-5-4-12-33-19-26)30-21-35-37-22-27(20-34-31(30)37)23-8-10-28(11-9-23)38-16-15-36-13-2-1-3-14-36/h4-12,17,19-22H,1-3,13-16H2. The van der Waals surface area contributed by atoms with Crippen molar-refractivity contribution in [2.24, 2.45) is 0 Å². The Kier molecular flexibility index (Phi) is 6.79. The molecule has 0 radical (unpaired) electrons. The van der Waals surface area contributed by atoms with E-state index in [9.17, 15) is 5.26 Å². The van der Waals surface area contributed by atoms with Gasteiger partial charge in [0.1, 0.15) is 12.4 Å². The van der Waals surface area contributed by atoms with Crippen molar-refractivity contribution < 1.29 is 4.74 Å². The maximum atomic E-state index is 9.62. The van der Waals surface area contributed by atoms with E-state index < -0.39 is 0 Å². The van der Waals surface area contributed by atoms with Gasteiger partial charge in [-0.25, -0.2) is 9.50 Å². The van der Waals surface area contributed by atoms with Gasteiger partial charge in [-0.05, 0) is 67.4 Å². The van der Waals surface area contributed by atoms with E-state index in [1.54, 1.807) is 16.9 Å². The van der Waals surface area contributed by atoms with Crippen molar-refractivity contribution >= 4 is 5.65 Å². The number of hydrogen-bond acceptors (Lipinski definition) is 6. The second kappa shape index (κ2) is 10.8. The quantitative estimate of drug-likeness (QED) is 0.278. The van der Waals surface area contributed by atoms with Crippen molar-refractivity contribution in [1.82, 2.24) is 24.5 Å². The number of likely N-dealkylation sites (tertiary alicyclic amines) is 1. The number of pyridine rings is 1. The lowest BCUT2D eigenvalue weighted by molar-refractivity contribution is 0.183. The summed E-state index contributed by atoms with van der Waals surface area (Å²) in [5, 5.41) is 14.2. The van der Waals surface area contributed by atoms with Gasteiger partial charge < -0.3 is 4.74 Å². The fraction of sp³-hybridized carbons (Fsp3) is 0.226. The molecule has 188 valence electrons. The average molecular weight is 501 g/mol. The Morgan fingerprint density at radius 3 is 2.47 bits per heavy atom. The number of fused-ring (bicyclic) bond motifs is 1. The van der Waals surface area contributed by atoms with Crippen LogP contribution in [0.15, 0.2) is 85.6 Å². The molecule has 0 saturated carbocycles. The molecule has 0 N–H and O–H groups in total. The molecular formula is C31H28N6O. The van der Waals surface area contributed by atoms with Crippen LogP contribution in [0.1, 0.15) is 24.8 Å². The van der Waals surface area contributed by atoms with E-state index in [2.05, 4.69) is 33.2 Å². The lowest BCUT2D eigenvalue weighted by atomic mass is 9.97. The van der Waals surface area contributed by atoms with Gasteiger partial charge in [-0.15, -0.1) is 0 Å². The number of ether oxygens (including phenoxy) is 1. The van der Waals surface area contributed by atoms with Crippen LogP contribution in [0.5, 0.6) is 5.75 Å². The second-order valence-electron chi connectivity index (χ2n) is 9.56. The highest BCUT2D eigenvalue weighted by molar-refractivity contribution is 5.83. The highest BCUT2D eigenvalue weighted by atomic mass is 16.5. The van der Waals surface area contributed by atoms with Crippen LogP contribution in [0.3, 0.4) is 0 Å². The van der Waals surface area contributed by atoms with Crippen molar-refractivity contribution in [2.75, 3.05) is 26.2 Å². The van der Waals surface area contributed by atoms with E-state index in [0.29, 0.717) is 12.2 Å². The average Bonchev–Trinajstić information content (AvgIpc) is 3.42. The van der Waals surface area contributed by atoms with Crippen LogP contribution in [0, 0.1) is 11.3 Å². The highest BCUT2D eigenvalue weighted by Gasteiger charge is 2.14. The minimum absolute atomic E-state index is 0.604. The normalized spacial score (nSPS) is 13.9. The van der Waals surface area contributed by atoms with Crippen LogP contribution in [-0.4, -0.2) is 50.7 Å². The first-order chi connectivity index (χ1) is 18.8. The molecule has 1 saturated heterocycles. The fourth-order valence-electron chi connectivity index (χ4n) is 5.02. The van der Waals surface area contributed by atoms with Crippen LogP contribution < -0.4 is 4.74 Å². The first-order valence-electron chi connectivity index (χ1n) is 13.0. The van der Waals surface area contributed by atoms with Crippen molar-refractivity contribution in [3.8, 4) is 45.2 Å². The van der Waals surface area contributed by atoms with Gasteiger partial charge in [-0.1, -0.05) is 30.7 Å². The molecule has 1 fully saturated rings. The molecule has 0 bridgehead atoms. The van der Waals surface area contributed by atoms with Gasteiger partial charge in [-0.2, -0.15) is 10.4 Å². The molecule has 1 aliphatic rings. The lowest BCUT2D eigenvalue weighted by Gasteiger charge is -2.26. The van der Waals surface area contributed by atoms with Gasteiger partial charge in [0.2, 0.25) is 0 Å². The van der Waals surface area contributed by atoms with Crippen molar-refractivity contribution in [1.29, 1.82) is 5.26 Å². The predicted molar refractivity (Wildman–Crippen MR) is 148 cm³/mol. The summed E-state index contributed by atoms with van der Waals surface area (Å²) in [4.78, 5) is 11.4. The zero-order valence-electron chi connectivity index (χ0n) is 21.1. The summed E-state index contributed by atoms with van der Waals surface area (Å²) in [7, 11) is 0. The summed E-state index contributed by atoms with van der Waals surface area (Å²) in [6.45, 7) is 4.06. The van der Waals surface area contributed by atoms with Gasteiger partial charge in [0, 0.05) is 53.6 Å². The first-order valence-corrected chi connectivity index (χ1v) is 13.0. The Bertz CT molecular complexity index is 1580. The summed E-state index contributed by atoms with van der Waals surface area (Å²) in [6, 6.07) is 20.0. The molecule has 0 amide bonds. The monoisotopic (exact) mass is 500 g/mol. The van der Waals surface area contributed by atoms with E-state index in [1.807, 2.05) is 61.1 Å². The van der Waals surface area contributed by atoms with E-state index in [4.69, 9.17) is 9.72 Å². The molecular weight excluding hydrogens is 472 g/mol. The third-order valence-electron chi connectivity index (χ3n) is 7.09.